The summed E-state index contributed by atoms with van der Waals surface area (Å²) in [6, 6.07) is 14.9. The van der Waals surface area contributed by atoms with Crippen molar-refractivity contribution in [1.82, 2.24) is 9.29 Å². The van der Waals surface area contributed by atoms with Crippen molar-refractivity contribution in [3.63, 3.8) is 0 Å². The molecule has 140 valence electrons. The Morgan fingerprint density at radius 2 is 1.70 bits per heavy atom. The van der Waals surface area contributed by atoms with Crippen molar-refractivity contribution in [2.75, 3.05) is 38.2 Å². The Morgan fingerprint density at radius 1 is 0.963 bits per heavy atom. The summed E-state index contributed by atoms with van der Waals surface area (Å²) in [5.41, 5.74) is 1.07. The summed E-state index contributed by atoms with van der Waals surface area (Å²) in [6.07, 6.45) is 3.32. The van der Waals surface area contributed by atoms with E-state index in [2.05, 4.69) is 9.88 Å². The van der Waals surface area contributed by atoms with E-state index in [1.165, 1.54) is 0 Å². The minimum Gasteiger partial charge on any atom is -0.497 e. The van der Waals surface area contributed by atoms with Gasteiger partial charge in [0, 0.05) is 55.0 Å². The second-order valence-corrected chi connectivity index (χ2v) is 8.35. The Bertz CT molecular complexity index is 1040. The first kappa shape index (κ1) is 17.8. The SMILES string of the molecule is COc1ccc(N2CCN(S(=O)(=O)c3cccc4cnccc34)CC2)cc1. The van der Waals surface area contributed by atoms with Gasteiger partial charge in [-0.05, 0) is 36.4 Å². The van der Waals surface area contributed by atoms with E-state index in [0.717, 1.165) is 16.8 Å². The molecule has 0 aliphatic carbocycles. The van der Waals surface area contributed by atoms with Gasteiger partial charge in [0.15, 0.2) is 0 Å². The number of anilines is 1. The van der Waals surface area contributed by atoms with E-state index in [9.17, 15) is 8.42 Å². The third-order valence-electron chi connectivity index (χ3n) is 4.93. The Hall–Kier alpha value is -2.64. The highest BCUT2D eigenvalue weighted by atomic mass is 32.2. The van der Waals surface area contributed by atoms with Gasteiger partial charge in [-0.25, -0.2) is 8.42 Å². The van der Waals surface area contributed by atoms with Crippen LogP contribution >= 0.6 is 0 Å². The summed E-state index contributed by atoms with van der Waals surface area (Å²) >= 11 is 0. The Morgan fingerprint density at radius 3 is 2.41 bits per heavy atom. The van der Waals surface area contributed by atoms with Crippen LogP contribution < -0.4 is 9.64 Å². The van der Waals surface area contributed by atoms with Crippen LogP contribution in [-0.4, -0.2) is 51.0 Å². The van der Waals surface area contributed by atoms with Crippen molar-refractivity contribution in [1.29, 1.82) is 0 Å². The van der Waals surface area contributed by atoms with Gasteiger partial charge in [-0.3, -0.25) is 4.98 Å². The fourth-order valence-electron chi connectivity index (χ4n) is 3.44. The molecule has 0 spiro atoms. The van der Waals surface area contributed by atoms with Gasteiger partial charge in [0.2, 0.25) is 10.0 Å². The first-order chi connectivity index (χ1) is 13.1. The standard InChI is InChI=1S/C20H21N3O3S/c1-26-18-7-5-17(6-8-18)22-11-13-23(14-12-22)27(24,25)20-4-2-3-16-15-21-10-9-19(16)20/h2-10,15H,11-14H2,1H3. The summed E-state index contributed by atoms with van der Waals surface area (Å²) in [7, 11) is -1.91. The van der Waals surface area contributed by atoms with Crippen LogP contribution in [0, 0.1) is 0 Å². The lowest BCUT2D eigenvalue weighted by Gasteiger charge is -2.35. The third kappa shape index (κ3) is 3.36. The zero-order valence-electron chi connectivity index (χ0n) is 15.1. The van der Waals surface area contributed by atoms with E-state index in [1.807, 2.05) is 30.3 Å². The van der Waals surface area contributed by atoms with Crippen LogP contribution in [0.4, 0.5) is 5.69 Å². The number of aromatic nitrogens is 1. The minimum absolute atomic E-state index is 0.347. The number of piperazine rings is 1. The average molecular weight is 383 g/mol. The maximum absolute atomic E-state index is 13.2. The number of hydrogen-bond donors (Lipinski definition) is 0. The molecule has 0 amide bonds. The van der Waals surface area contributed by atoms with Gasteiger partial charge in [0.05, 0.1) is 12.0 Å². The quantitative estimate of drug-likeness (QED) is 0.693. The molecular weight excluding hydrogens is 362 g/mol. The van der Waals surface area contributed by atoms with Gasteiger partial charge in [0.25, 0.3) is 0 Å². The molecule has 0 saturated carbocycles. The lowest BCUT2D eigenvalue weighted by Crippen LogP contribution is -2.48. The van der Waals surface area contributed by atoms with Crippen molar-refractivity contribution in [2.24, 2.45) is 0 Å². The summed E-state index contributed by atoms with van der Waals surface area (Å²) < 4.78 is 33.2. The third-order valence-corrected chi connectivity index (χ3v) is 6.89. The number of rotatable bonds is 4. The normalized spacial score (nSPS) is 15.8. The van der Waals surface area contributed by atoms with E-state index < -0.39 is 10.0 Å². The lowest BCUT2D eigenvalue weighted by molar-refractivity contribution is 0.385. The minimum atomic E-state index is -3.55. The van der Waals surface area contributed by atoms with Crippen molar-refractivity contribution in [3.8, 4) is 5.75 Å². The maximum atomic E-state index is 13.2. The van der Waals surface area contributed by atoms with Crippen LogP contribution in [0.5, 0.6) is 5.75 Å². The molecule has 27 heavy (non-hydrogen) atoms. The molecular formula is C20H21N3O3S. The van der Waals surface area contributed by atoms with Gasteiger partial charge in [-0.15, -0.1) is 0 Å². The van der Waals surface area contributed by atoms with E-state index in [4.69, 9.17) is 4.74 Å². The molecule has 0 N–H and O–H groups in total. The number of pyridine rings is 1. The second-order valence-electron chi connectivity index (χ2n) is 6.44. The maximum Gasteiger partial charge on any atom is 0.243 e. The van der Waals surface area contributed by atoms with E-state index in [0.29, 0.717) is 36.5 Å². The van der Waals surface area contributed by atoms with Crippen molar-refractivity contribution in [2.45, 2.75) is 4.90 Å². The van der Waals surface area contributed by atoms with Gasteiger partial charge in [-0.2, -0.15) is 4.31 Å². The van der Waals surface area contributed by atoms with Crippen LogP contribution in [0.3, 0.4) is 0 Å². The molecule has 0 unspecified atom stereocenters. The lowest BCUT2D eigenvalue weighted by atomic mass is 10.2. The molecule has 2 heterocycles. The van der Waals surface area contributed by atoms with Crippen LogP contribution in [0.15, 0.2) is 65.8 Å². The highest BCUT2D eigenvalue weighted by molar-refractivity contribution is 7.89. The largest absolute Gasteiger partial charge is 0.497 e. The molecule has 1 aliphatic heterocycles. The first-order valence-corrected chi connectivity index (χ1v) is 10.3. The number of benzene rings is 2. The molecule has 1 saturated heterocycles. The van der Waals surface area contributed by atoms with Gasteiger partial charge >= 0.3 is 0 Å². The van der Waals surface area contributed by atoms with Crippen LogP contribution in [0.1, 0.15) is 0 Å². The molecule has 7 heteroatoms. The molecule has 1 aromatic heterocycles. The van der Waals surface area contributed by atoms with Crippen molar-refractivity contribution < 1.29 is 13.2 Å². The summed E-state index contributed by atoms with van der Waals surface area (Å²) in [5, 5.41) is 1.54. The fourth-order valence-corrected chi connectivity index (χ4v) is 5.07. The van der Waals surface area contributed by atoms with Gasteiger partial charge in [-0.1, -0.05) is 12.1 Å². The molecule has 0 radical (unpaired) electrons. The van der Waals surface area contributed by atoms with Crippen molar-refractivity contribution >= 4 is 26.5 Å². The molecule has 1 aliphatic rings. The second kappa shape index (κ2) is 7.17. The fraction of sp³-hybridized carbons (Fsp3) is 0.250. The number of nitrogens with zero attached hydrogens (tertiary/aromatic N) is 3. The number of fused-ring (bicyclic) bond motifs is 1. The Labute approximate surface area is 159 Å². The predicted octanol–water partition coefficient (Wildman–Crippen LogP) is 2.75. The molecule has 4 rings (SSSR count). The number of methoxy groups -OCH3 is 1. The molecule has 3 aromatic rings. The Balaban J connectivity index is 1.54. The summed E-state index contributed by atoms with van der Waals surface area (Å²) in [4.78, 5) is 6.62. The van der Waals surface area contributed by atoms with E-state index in [-0.39, 0.29) is 0 Å². The molecule has 1 fully saturated rings. The molecule has 6 nitrogen and oxygen atoms in total. The highest BCUT2D eigenvalue weighted by Gasteiger charge is 2.29. The summed E-state index contributed by atoms with van der Waals surface area (Å²) in [6.45, 7) is 2.21. The van der Waals surface area contributed by atoms with Crippen LogP contribution in [0.2, 0.25) is 0 Å². The van der Waals surface area contributed by atoms with E-state index >= 15 is 0 Å². The summed E-state index contributed by atoms with van der Waals surface area (Å²) in [5.74, 6) is 0.811. The monoisotopic (exact) mass is 383 g/mol. The predicted molar refractivity (Wildman–Crippen MR) is 106 cm³/mol. The topological polar surface area (TPSA) is 62.7 Å². The van der Waals surface area contributed by atoms with E-state index in [1.54, 1.807) is 42.0 Å². The zero-order valence-corrected chi connectivity index (χ0v) is 15.9. The Kier molecular flexibility index (Phi) is 4.72. The van der Waals surface area contributed by atoms with Crippen LogP contribution in [0.25, 0.3) is 10.8 Å². The molecule has 0 bridgehead atoms. The highest BCUT2D eigenvalue weighted by Crippen LogP contribution is 2.27. The number of ether oxygens (including phenoxy) is 1. The smallest absolute Gasteiger partial charge is 0.243 e. The zero-order chi connectivity index (χ0) is 18.9. The molecule has 2 aromatic carbocycles. The molecule has 0 atom stereocenters. The van der Waals surface area contributed by atoms with Crippen molar-refractivity contribution in [3.05, 3.63) is 60.9 Å². The number of sulfonamides is 1. The number of hydrogen-bond acceptors (Lipinski definition) is 5. The van der Waals surface area contributed by atoms with Gasteiger partial charge < -0.3 is 9.64 Å². The van der Waals surface area contributed by atoms with Crippen LogP contribution in [-0.2, 0) is 10.0 Å². The van der Waals surface area contributed by atoms with Gasteiger partial charge in [0.1, 0.15) is 5.75 Å². The first-order valence-electron chi connectivity index (χ1n) is 8.81. The average Bonchev–Trinajstić information content (AvgIpc) is 2.73.